The Hall–Kier alpha value is -1.46. The van der Waals surface area contributed by atoms with Crippen LogP contribution in [0, 0.1) is 5.92 Å². The smallest absolute Gasteiger partial charge is 0.387 e. The molecule has 1 aromatic rings. The van der Waals surface area contributed by atoms with Gasteiger partial charge in [-0.15, -0.1) is 0 Å². The monoisotopic (exact) mass is 293 g/mol. The van der Waals surface area contributed by atoms with Gasteiger partial charge in [0, 0.05) is 12.0 Å². The summed E-state index contributed by atoms with van der Waals surface area (Å²) in [5, 5.41) is 0. The minimum Gasteiger partial charge on any atom is -0.435 e. The number of rotatable bonds is 8. The quantitative estimate of drug-likeness (QED) is 0.626. The molecule has 0 aliphatic carbocycles. The average molecular weight is 293 g/mol. The van der Waals surface area contributed by atoms with E-state index in [1.54, 1.807) is 0 Å². The lowest BCUT2D eigenvalue weighted by Gasteiger charge is -2.15. The van der Waals surface area contributed by atoms with Crippen LogP contribution in [0.15, 0.2) is 18.2 Å². The first-order chi connectivity index (χ1) is 9.42. The van der Waals surface area contributed by atoms with Gasteiger partial charge >= 0.3 is 13.2 Å². The Kier molecular flexibility index (Phi) is 6.61. The van der Waals surface area contributed by atoms with E-state index in [0.29, 0.717) is 5.56 Å². The third kappa shape index (κ3) is 5.67. The molecule has 0 saturated heterocycles. The van der Waals surface area contributed by atoms with Crippen LogP contribution in [0.25, 0.3) is 0 Å². The molecule has 0 aromatic heterocycles. The van der Waals surface area contributed by atoms with Gasteiger partial charge in [-0.2, -0.15) is 17.6 Å². The molecular formula is C14H17F4O2. The Morgan fingerprint density at radius 1 is 1.00 bits per heavy atom. The molecule has 0 N–H and O–H groups in total. The van der Waals surface area contributed by atoms with Crippen molar-refractivity contribution >= 4 is 0 Å². The summed E-state index contributed by atoms with van der Waals surface area (Å²) >= 11 is 0. The maximum absolute atomic E-state index is 12.2. The van der Waals surface area contributed by atoms with E-state index in [1.165, 1.54) is 12.1 Å². The molecule has 0 amide bonds. The number of hydrogen-bond donors (Lipinski definition) is 0. The molecule has 0 bridgehead atoms. The Morgan fingerprint density at radius 2 is 1.50 bits per heavy atom. The molecule has 0 aliphatic rings. The van der Waals surface area contributed by atoms with Crippen molar-refractivity contribution in [1.82, 2.24) is 0 Å². The Balaban J connectivity index is 2.95. The number of unbranched alkanes of at least 4 members (excludes halogenated alkanes) is 1. The van der Waals surface area contributed by atoms with E-state index in [2.05, 4.69) is 9.47 Å². The highest BCUT2D eigenvalue weighted by molar-refractivity contribution is 5.44. The molecule has 0 unspecified atom stereocenters. The van der Waals surface area contributed by atoms with E-state index >= 15 is 0 Å². The summed E-state index contributed by atoms with van der Waals surface area (Å²) in [5.41, 5.74) is 0.562. The van der Waals surface area contributed by atoms with Crippen LogP contribution in [0.4, 0.5) is 17.6 Å². The molecule has 0 heterocycles. The summed E-state index contributed by atoms with van der Waals surface area (Å²) in [6.07, 6.45) is 2.66. The minimum atomic E-state index is -3.01. The van der Waals surface area contributed by atoms with Gasteiger partial charge in [0.2, 0.25) is 0 Å². The summed E-state index contributed by atoms with van der Waals surface area (Å²) in [5.74, 6) is 0.527. The van der Waals surface area contributed by atoms with Crippen molar-refractivity contribution in [1.29, 1.82) is 0 Å². The van der Waals surface area contributed by atoms with Crippen molar-refractivity contribution in [2.24, 2.45) is 0 Å². The molecule has 1 rings (SSSR count). The van der Waals surface area contributed by atoms with Gasteiger partial charge in [0.15, 0.2) is 0 Å². The zero-order valence-electron chi connectivity index (χ0n) is 11.3. The maximum atomic E-state index is 12.2. The second-order valence-corrected chi connectivity index (χ2v) is 4.33. The van der Waals surface area contributed by atoms with Gasteiger partial charge in [-0.3, -0.25) is 0 Å². The zero-order valence-corrected chi connectivity index (χ0v) is 11.3. The summed E-state index contributed by atoms with van der Waals surface area (Å²) in [4.78, 5) is 0. The van der Waals surface area contributed by atoms with Gasteiger partial charge in [-0.25, -0.2) is 0 Å². The second kappa shape index (κ2) is 7.97. The van der Waals surface area contributed by atoms with Gasteiger partial charge in [0.05, 0.1) is 0 Å². The van der Waals surface area contributed by atoms with E-state index in [1.807, 2.05) is 13.8 Å². The lowest BCUT2D eigenvalue weighted by Crippen LogP contribution is -2.06. The van der Waals surface area contributed by atoms with Crippen LogP contribution in [0.3, 0.4) is 0 Å². The van der Waals surface area contributed by atoms with E-state index in [4.69, 9.17) is 0 Å². The minimum absolute atomic E-state index is 0.191. The predicted octanol–water partition coefficient (Wildman–Crippen LogP) is 5.02. The van der Waals surface area contributed by atoms with Crippen LogP contribution in [0.1, 0.15) is 38.7 Å². The van der Waals surface area contributed by atoms with Crippen LogP contribution in [-0.4, -0.2) is 13.2 Å². The third-order valence-electron chi connectivity index (χ3n) is 2.73. The Labute approximate surface area is 115 Å². The van der Waals surface area contributed by atoms with Crippen molar-refractivity contribution < 1.29 is 27.0 Å². The molecule has 1 radical (unpaired) electrons. The van der Waals surface area contributed by atoms with Crippen molar-refractivity contribution in [2.75, 3.05) is 0 Å². The fraction of sp³-hybridized carbons (Fsp3) is 0.500. The fourth-order valence-corrected chi connectivity index (χ4v) is 1.75. The van der Waals surface area contributed by atoms with Crippen molar-refractivity contribution in [3.63, 3.8) is 0 Å². The topological polar surface area (TPSA) is 18.5 Å². The molecule has 1 aromatic carbocycles. The highest BCUT2D eigenvalue weighted by Crippen LogP contribution is 2.31. The summed E-state index contributed by atoms with van der Waals surface area (Å²) in [6, 6.07) is 3.82. The van der Waals surface area contributed by atoms with Gasteiger partial charge in [0.25, 0.3) is 0 Å². The first-order valence-corrected chi connectivity index (χ1v) is 6.30. The molecule has 2 nitrogen and oxygen atoms in total. The predicted molar refractivity (Wildman–Crippen MR) is 67.3 cm³/mol. The van der Waals surface area contributed by atoms with E-state index in [0.717, 1.165) is 31.2 Å². The molecule has 0 aliphatic heterocycles. The lowest BCUT2D eigenvalue weighted by atomic mass is 9.95. The molecule has 0 fully saturated rings. The van der Waals surface area contributed by atoms with Gasteiger partial charge in [-0.05, 0) is 24.1 Å². The number of hydrogen-bond acceptors (Lipinski definition) is 2. The maximum Gasteiger partial charge on any atom is 0.387 e. The largest absolute Gasteiger partial charge is 0.435 e. The van der Waals surface area contributed by atoms with E-state index in [9.17, 15) is 17.6 Å². The highest BCUT2D eigenvalue weighted by Gasteiger charge is 2.14. The van der Waals surface area contributed by atoms with Crippen LogP contribution in [0.5, 0.6) is 11.5 Å². The standard InChI is InChI=1S/C14H17F4O2/c1-3-4-5-9(2)10-6-11(19-13(15)16)8-12(7-10)20-14(17)18/h6-8,13-14H,3-5H2,1-2H3. The van der Waals surface area contributed by atoms with E-state index < -0.39 is 13.2 Å². The third-order valence-corrected chi connectivity index (χ3v) is 2.73. The van der Waals surface area contributed by atoms with Crippen molar-refractivity contribution in [3.8, 4) is 11.5 Å². The van der Waals surface area contributed by atoms with Crippen LogP contribution < -0.4 is 9.47 Å². The molecule has 0 atom stereocenters. The summed E-state index contributed by atoms with van der Waals surface area (Å²) < 4.78 is 57.4. The molecule has 0 saturated carbocycles. The van der Waals surface area contributed by atoms with Crippen LogP contribution >= 0.6 is 0 Å². The Morgan fingerprint density at radius 3 is 1.90 bits per heavy atom. The first-order valence-electron chi connectivity index (χ1n) is 6.30. The first kappa shape index (κ1) is 16.6. The van der Waals surface area contributed by atoms with Crippen LogP contribution in [0.2, 0.25) is 0 Å². The number of halogens is 4. The SMILES string of the molecule is CCCC[C](C)c1cc(OC(F)F)cc(OC(F)F)c1. The molecule has 0 spiro atoms. The molecule has 6 heteroatoms. The van der Waals surface area contributed by atoms with Crippen molar-refractivity contribution in [2.45, 2.75) is 46.3 Å². The van der Waals surface area contributed by atoms with Gasteiger partial charge in [-0.1, -0.05) is 26.7 Å². The fourth-order valence-electron chi connectivity index (χ4n) is 1.75. The molecular weight excluding hydrogens is 276 g/mol. The summed E-state index contributed by atoms with van der Waals surface area (Å²) in [6.45, 7) is -2.18. The Bertz CT molecular complexity index is 382. The van der Waals surface area contributed by atoms with Gasteiger partial charge in [0.1, 0.15) is 11.5 Å². The number of ether oxygens (including phenoxy) is 2. The average Bonchev–Trinajstić information content (AvgIpc) is 2.33. The van der Waals surface area contributed by atoms with Gasteiger partial charge < -0.3 is 9.47 Å². The summed E-state index contributed by atoms with van der Waals surface area (Å²) in [7, 11) is 0. The highest BCUT2D eigenvalue weighted by atomic mass is 19.3. The van der Waals surface area contributed by atoms with Crippen LogP contribution in [-0.2, 0) is 0 Å². The number of alkyl halides is 4. The second-order valence-electron chi connectivity index (χ2n) is 4.33. The zero-order chi connectivity index (χ0) is 15.1. The van der Waals surface area contributed by atoms with E-state index in [-0.39, 0.29) is 11.5 Å². The number of benzene rings is 1. The molecule has 20 heavy (non-hydrogen) atoms. The lowest BCUT2D eigenvalue weighted by molar-refractivity contribution is -0.0543. The molecule has 113 valence electrons. The normalized spacial score (nSPS) is 11.4. The van der Waals surface area contributed by atoms with Crippen molar-refractivity contribution in [3.05, 3.63) is 29.7 Å².